The molecular formula is C59H94O6. The normalized spacial score (nSPS) is 13.1. The number of allylic oxidation sites excluding steroid dienone is 19. The van der Waals surface area contributed by atoms with Crippen LogP contribution in [0.1, 0.15) is 213 Å². The Morgan fingerprint density at radius 2 is 0.646 bits per heavy atom. The number of rotatable bonds is 45. The van der Waals surface area contributed by atoms with Gasteiger partial charge in [-0.3, -0.25) is 14.4 Å². The van der Waals surface area contributed by atoms with E-state index in [1.165, 1.54) is 51.4 Å². The summed E-state index contributed by atoms with van der Waals surface area (Å²) in [7, 11) is 0. The average molecular weight is 899 g/mol. The van der Waals surface area contributed by atoms with Gasteiger partial charge in [0.05, 0.1) is 6.42 Å². The van der Waals surface area contributed by atoms with E-state index in [4.69, 9.17) is 14.2 Å². The van der Waals surface area contributed by atoms with E-state index in [9.17, 15) is 14.4 Å². The van der Waals surface area contributed by atoms with E-state index in [2.05, 4.69) is 130 Å². The van der Waals surface area contributed by atoms with E-state index in [0.717, 1.165) is 116 Å². The zero-order valence-corrected chi connectivity index (χ0v) is 41.7. The Morgan fingerprint density at radius 3 is 1.03 bits per heavy atom. The van der Waals surface area contributed by atoms with Gasteiger partial charge < -0.3 is 14.2 Å². The van der Waals surface area contributed by atoms with Gasteiger partial charge in [-0.2, -0.15) is 0 Å². The molecule has 1 atom stereocenters. The molecule has 0 aromatic rings. The molecule has 0 aromatic heterocycles. The molecule has 0 aliphatic carbocycles. The molecule has 0 saturated heterocycles. The second kappa shape index (κ2) is 52.4. The molecule has 0 aromatic carbocycles. The lowest BCUT2D eigenvalue weighted by Crippen LogP contribution is -2.30. The average Bonchev–Trinajstić information content (AvgIpc) is 3.30. The predicted molar refractivity (Wildman–Crippen MR) is 279 cm³/mol. The van der Waals surface area contributed by atoms with Crippen molar-refractivity contribution in [2.75, 3.05) is 13.2 Å². The monoisotopic (exact) mass is 899 g/mol. The van der Waals surface area contributed by atoms with E-state index in [-0.39, 0.29) is 31.6 Å². The Hall–Kier alpha value is -4.19. The van der Waals surface area contributed by atoms with Crippen molar-refractivity contribution in [3.63, 3.8) is 0 Å². The van der Waals surface area contributed by atoms with Crippen molar-refractivity contribution in [1.82, 2.24) is 0 Å². The standard InChI is InChI=1S/C59H94O6/c1-4-7-10-13-16-19-22-25-28-29-32-34-37-40-43-46-49-52-58(61)64-55-56(65-59(62)53-50-47-44-41-38-35-31-27-24-21-18-15-12-9-6-3)54-63-57(60)51-48-45-42-39-36-33-30-26-23-20-17-14-11-8-5-2/h7,9-10,12,16,18-19,21,25-28,30-32,34,38,41,47,50,56H,4-6,8,11,13-15,17,20,22-24,29,33,35-37,39-40,42-46,48-49,51-55H2,1-3H3/b10-7-,12-9-,19-16-,21-18-,28-25-,30-26-,31-27-,34-32-,41-38-,50-47-. The minimum absolute atomic E-state index is 0.0851. The van der Waals surface area contributed by atoms with Crippen LogP contribution in [0.5, 0.6) is 0 Å². The topological polar surface area (TPSA) is 78.9 Å². The van der Waals surface area contributed by atoms with Crippen LogP contribution in [-0.4, -0.2) is 37.2 Å². The maximum atomic E-state index is 12.7. The number of hydrogen-bond donors (Lipinski definition) is 0. The number of unbranched alkanes of at least 4 members (excludes halogenated alkanes) is 15. The van der Waals surface area contributed by atoms with E-state index in [1.807, 2.05) is 6.08 Å². The number of carbonyl (C=O) groups excluding carboxylic acids is 3. The highest BCUT2D eigenvalue weighted by Gasteiger charge is 2.19. The maximum Gasteiger partial charge on any atom is 0.310 e. The van der Waals surface area contributed by atoms with Crippen LogP contribution in [0.25, 0.3) is 0 Å². The summed E-state index contributed by atoms with van der Waals surface area (Å²) in [6, 6.07) is 0. The van der Waals surface area contributed by atoms with Crippen molar-refractivity contribution in [2.45, 2.75) is 219 Å². The van der Waals surface area contributed by atoms with Crippen LogP contribution in [0, 0.1) is 0 Å². The van der Waals surface area contributed by atoms with E-state index >= 15 is 0 Å². The van der Waals surface area contributed by atoms with Gasteiger partial charge in [-0.1, -0.05) is 206 Å². The Labute approximate surface area is 399 Å². The summed E-state index contributed by atoms with van der Waals surface area (Å²) in [4.78, 5) is 37.9. The van der Waals surface area contributed by atoms with E-state index in [0.29, 0.717) is 19.3 Å². The van der Waals surface area contributed by atoms with Gasteiger partial charge in [0.15, 0.2) is 6.10 Å². The number of ether oxygens (including phenoxy) is 3. The summed E-state index contributed by atoms with van der Waals surface area (Å²) in [6.07, 6.45) is 72.0. The molecule has 0 heterocycles. The van der Waals surface area contributed by atoms with Crippen molar-refractivity contribution >= 4 is 17.9 Å². The van der Waals surface area contributed by atoms with Crippen molar-refractivity contribution in [3.05, 3.63) is 122 Å². The van der Waals surface area contributed by atoms with Crippen LogP contribution < -0.4 is 0 Å². The summed E-state index contributed by atoms with van der Waals surface area (Å²) in [5.41, 5.74) is 0. The molecule has 6 nitrogen and oxygen atoms in total. The third-order valence-electron chi connectivity index (χ3n) is 10.5. The maximum absolute atomic E-state index is 12.7. The van der Waals surface area contributed by atoms with E-state index in [1.54, 1.807) is 6.08 Å². The largest absolute Gasteiger partial charge is 0.462 e. The predicted octanol–water partition coefficient (Wildman–Crippen LogP) is 17.3. The zero-order valence-electron chi connectivity index (χ0n) is 41.7. The molecule has 0 aliphatic rings. The third-order valence-corrected chi connectivity index (χ3v) is 10.5. The summed E-state index contributed by atoms with van der Waals surface area (Å²) >= 11 is 0. The Balaban J connectivity index is 4.58. The Morgan fingerprint density at radius 1 is 0.338 bits per heavy atom. The lowest BCUT2D eigenvalue weighted by atomic mass is 10.1. The molecule has 0 bridgehead atoms. The molecule has 0 N–H and O–H groups in total. The molecule has 0 fully saturated rings. The van der Waals surface area contributed by atoms with Crippen LogP contribution >= 0.6 is 0 Å². The highest BCUT2D eigenvalue weighted by atomic mass is 16.6. The molecule has 366 valence electrons. The van der Waals surface area contributed by atoms with Gasteiger partial charge in [-0.15, -0.1) is 0 Å². The van der Waals surface area contributed by atoms with E-state index < -0.39 is 12.1 Å². The first kappa shape index (κ1) is 60.8. The highest BCUT2D eigenvalue weighted by molar-refractivity contribution is 5.72. The lowest BCUT2D eigenvalue weighted by molar-refractivity contribution is -0.166. The quantitative estimate of drug-likeness (QED) is 0.0262. The molecule has 0 rings (SSSR count). The van der Waals surface area contributed by atoms with Crippen LogP contribution in [0.15, 0.2) is 122 Å². The Kier molecular flexibility index (Phi) is 49.1. The SMILES string of the molecule is CC/C=C\C/C=C\C/C=C\C/C=C\C/C=C\CC(=O)OC(COC(=O)CCCCCC/C=C\C/C=C\C/C=C\C/C=C\CC)COC(=O)CCCCCCC/C=C\CCCCCCCC. The van der Waals surface area contributed by atoms with Gasteiger partial charge >= 0.3 is 17.9 Å². The van der Waals surface area contributed by atoms with Crippen molar-refractivity contribution in [3.8, 4) is 0 Å². The first-order valence-electron chi connectivity index (χ1n) is 26.0. The van der Waals surface area contributed by atoms with Gasteiger partial charge in [-0.25, -0.2) is 0 Å². The first-order chi connectivity index (χ1) is 32.0. The molecule has 0 amide bonds. The van der Waals surface area contributed by atoms with Gasteiger partial charge in [0.1, 0.15) is 13.2 Å². The second-order valence-corrected chi connectivity index (χ2v) is 16.7. The smallest absolute Gasteiger partial charge is 0.310 e. The Bertz CT molecular complexity index is 1400. The second-order valence-electron chi connectivity index (χ2n) is 16.7. The number of esters is 3. The third kappa shape index (κ3) is 50.7. The molecule has 0 saturated carbocycles. The zero-order chi connectivity index (χ0) is 47.2. The fraction of sp³-hybridized carbons (Fsp3) is 0.610. The highest BCUT2D eigenvalue weighted by Crippen LogP contribution is 2.12. The lowest BCUT2D eigenvalue weighted by Gasteiger charge is -2.18. The minimum Gasteiger partial charge on any atom is -0.462 e. The van der Waals surface area contributed by atoms with Crippen molar-refractivity contribution in [2.24, 2.45) is 0 Å². The summed E-state index contributed by atoms with van der Waals surface area (Å²) in [5.74, 6) is -1.10. The van der Waals surface area contributed by atoms with Gasteiger partial charge in [0, 0.05) is 12.8 Å². The summed E-state index contributed by atoms with van der Waals surface area (Å²) < 4.78 is 16.7. The van der Waals surface area contributed by atoms with Crippen LogP contribution in [0.2, 0.25) is 0 Å². The van der Waals surface area contributed by atoms with Gasteiger partial charge in [-0.05, 0) is 109 Å². The van der Waals surface area contributed by atoms with Gasteiger partial charge in [0.2, 0.25) is 0 Å². The molecule has 0 spiro atoms. The molecule has 6 heteroatoms. The molecule has 0 radical (unpaired) electrons. The molecule has 65 heavy (non-hydrogen) atoms. The van der Waals surface area contributed by atoms with Crippen LogP contribution in [-0.2, 0) is 28.6 Å². The molecule has 0 aliphatic heterocycles. The van der Waals surface area contributed by atoms with Crippen LogP contribution in [0.4, 0.5) is 0 Å². The summed E-state index contributed by atoms with van der Waals surface area (Å²) in [6.45, 7) is 6.28. The number of carbonyl (C=O) groups is 3. The number of hydrogen-bond acceptors (Lipinski definition) is 6. The molecule has 1 unspecified atom stereocenters. The minimum atomic E-state index is -0.849. The molecular weight excluding hydrogens is 805 g/mol. The summed E-state index contributed by atoms with van der Waals surface area (Å²) in [5, 5.41) is 0. The van der Waals surface area contributed by atoms with Crippen molar-refractivity contribution in [1.29, 1.82) is 0 Å². The fourth-order valence-corrected chi connectivity index (χ4v) is 6.62. The van der Waals surface area contributed by atoms with Crippen molar-refractivity contribution < 1.29 is 28.6 Å². The van der Waals surface area contributed by atoms with Crippen LogP contribution in [0.3, 0.4) is 0 Å². The van der Waals surface area contributed by atoms with Gasteiger partial charge in [0.25, 0.3) is 0 Å². The fourth-order valence-electron chi connectivity index (χ4n) is 6.62. The first-order valence-corrected chi connectivity index (χ1v) is 26.0.